The summed E-state index contributed by atoms with van der Waals surface area (Å²) in [5.41, 5.74) is 0. The summed E-state index contributed by atoms with van der Waals surface area (Å²) < 4.78 is 27.7. The smallest absolute Gasteiger partial charge is 0.240 e. The van der Waals surface area contributed by atoms with Crippen LogP contribution in [-0.4, -0.2) is 19.4 Å². The van der Waals surface area contributed by atoms with E-state index in [1.165, 1.54) is 24.8 Å². The average Bonchev–Trinajstić information content (AvgIpc) is 2.38. The fraction of sp³-hybridized carbons (Fsp3) is 0.643. The standard InChI is InChI=1S/C14H21ClN2O2S/c1-10(2)12-5-3-4-6-13(12)17-20(18,19)11-7-8-16-14(15)9-11/h7-10,12-13,17H,3-6H2,1-2H3. The van der Waals surface area contributed by atoms with Crippen LogP contribution >= 0.6 is 11.6 Å². The molecule has 1 aliphatic rings. The molecule has 2 atom stereocenters. The Bertz CT molecular complexity index is 560. The average molecular weight is 317 g/mol. The molecule has 0 bridgehead atoms. The second-order valence-electron chi connectivity index (χ2n) is 5.73. The summed E-state index contributed by atoms with van der Waals surface area (Å²) in [5.74, 6) is 0.875. The van der Waals surface area contributed by atoms with Gasteiger partial charge in [0.05, 0.1) is 4.90 Å². The lowest BCUT2D eigenvalue weighted by atomic mass is 9.78. The monoisotopic (exact) mass is 316 g/mol. The van der Waals surface area contributed by atoms with Gasteiger partial charge in [-0.2, -0.15) is 0 Å². The van der Waals surface area contributed by atoms with Crippen LogP contribution in [0.4, 0.5) is 0 Å². The third kappa shape index (κ3) is 3.71. The molecule has 1 fully saturated rings. The SMILES string of the molecule is CC(C)C1CCCCC1NS(=O)(=O)c1ccnc(Cl)c1. The Morgan fingerprint density at radius 2 is 2.05 bits per heavy atom. The molecule has 4 nitrogen and oxygen atoms in total. The van der Waals surface area contributed by atoms with Crippen LogP contribution in [0.15, 0.2) is 23.2 Å². The molecule has 1 aliphatic carbocycles. The van der Waals surface area contributed by atoms with E-state index in [0.29, 0.717) is 11.8 Å². The normalized spacial score (nSPS) is 24.0. The number of halogens is 1. The van der Waals surface area contributed by atoms with Crippen molar-refractivity contribution >= 4 is 21.6 Å². The largest absolute Gasteiger partial charge is 0.244 e. The van der Waals surface area contributed by atoms with E-state index >= 15 is 0 Å². The molecule has 0 amide bonds. The van der Waals surface area contributed by atoms with Crippen molar-refractivity contribution in [2.24, 2.45) is 11.8 Å². The van der Waals surface area contributed by atoms with Crippen molar-refractivity contribution in [3.8, 4) is 0 Å². The zero-order valence-corrected chi connectivity index (χ0v) is 13.4. The molecule has 0 radical (unpaired) electrons. The van der Waals surface area contributed by atoms with Crippen LogP contribution in [0, 0.1) is 11.8 Å². The first-order valence-corrected chi connectivity index (χ1v) is 8.90. The van der Waals surface area contributed by atoms with Crippen LogP contribution in [0.1, 0.15) is 39.5 Å². The lowest BCUT2D eigenvalue weighted by Crippen LogP contribution is -2.43. The van der Waals surface area contributed by atoms with E-state index in [-0.39, 0.29) is 16.1 Å². The van der Waals surface area contributed by atoms with Crippen molar-refractivity contribution in [3.63, 3.8) is 0 Å². The number of nitrogens with one attached hydrogen (secondary N) is 1. The van der Waals surface area contributed by atoms with Crippen LogP contribution in [0.5, 0.6) is 0 Å². The Hall–Kier alpha value is -0.650. The maximum absolute atomic E-state index is 12.4. The number of pyridine rings is 1. The fourth-order valence-electron chi connectivity index (χ4n) is 2.92. The zero-order valence-electron chi connectivity index (χ0n) is 11.8. The predicted octanol–water partition coefficient (Wildman–Crippen LogP) is 3.23. The summed E-state index contributed by atoms with van der Waals surface area (Å²) in [4.78, 5) is 4.00. The molecule has 1 heterocycles. The molecule has 1 N–H and O–H groups in total. The lowest BCUT2D eigenvalue weighted by molar-refractivity contribution is 0.226. The first-order chi connectivity index (χ1) is 9.40. The van der Waals surface area contributed by atoms with Crippen LogP contribution in [-0.2, 0) is 10.0 Å². The van der Waals surface area contributed by atoms with Crippen molar-refractivity contribution in [2.45, 2.75) is 50.5 Å². The first kappa shape index (κ1) is 15.7. The highest BCUT2D eigenvalue weighted by atomic mass is 35.5. The molecule has 2 unspecified atom stereocenters. The Morgan fingerprint density at radius 3 is 2.70 bits per heavy atom. The number of hydrogen-bond acceptors (Lipinski definition) is 3. The van der Waals surface area contributed by atoms with Crippen molar-refractivity contribution in [2.75, 3.05) is 0 Å². The minimum absolute atomic E-state index is 0.0145. The third-order valence-corrected chi connectivity index (χ3v) is 5.68. The van der Waals surface area contributed by atoms with Gasteiger partial charge in [0.1, 0.15) is 5.15 Å². The van der Waals surface area contributed by atoms with E-state index in [9.17, 15) is 8.42 Å². The summed E-state index contributed by atoms with van der Waals surface area (Å²) >= 11 is 5.77. The maximum Gasteiger partial charge on any atom is 0.240 e. The van der Waals surface area contributed by atoms with Crippen LogP contribution in [0.2, 0.25) is 5.15 Å². The van der Waals surface area contributed by atoms with Crippen molar-refractivity contribution in [1.82, 2.24) is 9.71 Å². The topological polar surface area (TPSA) is 59.1 Å². The maximum atomic E-state index is 12.4. The van der Waals surface area contributed by atoms with Gasteiger partial charge in [0.25, 0.3) is 0 Å². The zero-order chi connectivity index (χ0) is 14.8. The molecule has 1 aromatic heterocycles. The van der Waals surface area contributed by atoms with Crippen molar-refractivity contribution < 1.29 is 8.42 Å². The first-order valence-electron chi connectivity index (χ1n) is 7.04. The van der Waals surface area contributed by atoms with Gasteiger partial charge >= 0.3 is 0 Å². The van der Waals surface area contributed by atoms with E-state index < -0.39 is 10.0 Å². The van der Waals surface area contributed by atoms with E-state index in [0.717, 1.165) is 19.3 Å². The van der Waals surface area contributed by atoms with Gasteiger partial charge in [-0.15, -0.1) is 0 Å². The van der Waals surface area contributed by atoms with Crippen molar-refractivity contribution in [3.05, 3.63) is 23.5 Å². The molecule has 1 aromatic rings. The summed E-state index contributed by atoms with van der Waals surface area (Å²) in [6, 6.07) is 2.87. The molecular weight excluding hydrogens is 296 g/mol. The van der Waals surface area contributed by atoms with Crippen LogP contribution < -0.4 is 4.72 Å². The van der Waals surface area contributed by atoms with E-state index in [1.807, 2.05) is 0 Å². The molecule has 20 heavy (non-hydrogen) atoms. The highest BCUT2D eigenvalue weighted by Gasteiger charge is 2.31. The molecule has 0 aliphatic heterocycles. The predicted molar refractivity (Wildman–Crippen MR) is 80.2 cm³/mol. The fourth-order valence-corrected chi connectivity index (χ4v) is 4.50. The number of aromatic nitrogens is 1. The number of nitrogens with zero attached hydrogens (tertiary/aromatic N) is 1. The Morgan fingerprint density at radius 1 is 1.35 bits per heavy atom. The summed E-state index contributed by atoms with van der Waals surface area (Å²) in [6.07, 6.45) is 5.66. The summed E-state index contributed by atoms with van der Waals surface area (Å²) in [5, 5.41) is 0.192. The van der Waals surface area contributed by atoms with Gasteiger partial charge in [0.15, 0.2) is 0 Å². The van der Waals surface area contributed by atoms with Crippen molar-refractivity contribution in [1.29, 1.82) is 0 Å². The van der Waals surface area contributed by atoms with Gasteiger partial charge in [0.2, 0.25) is 10.0 Å². The molecule has 6 heteroatoms. The third-order valence-electron chi connectivity index (χ3n) is 3.99. The quantitative estimate of drug-likeness (QED) is 0.868. The number of rotatable bonds is 4. The molecule has 0 saturated heterocycles. The van der Waals surface area contributed by atoms with E-state index in [4.69, 9.17) is 11.6 Å². The number of sulfonamides is 1. The summed E-state index contributed by atoms with van der Waals surface area (Å²) in [6.45, 7) is 4.31. The van der Waals surface area contributed by atoms with Crippen LogP contribution in [0.3, 0.4) is 0 Å². The highest BCUT2D eigenvalue weighted by molar-refractivity contribution is 7.89. The van der Waals surface area contributed by atoms with Gasteiger partial charge < -0.3 is 0 Å². The van der Waals surface area contributed by atoms with Gasteiger partial charge in [-0.3, -0.25) is 0 Å². The minimum atomic E-state index is -3.52. The van der Waals surface area contributed by atoms with E-state index in [1.54, 1.807) is 0 Å². The molecule has 0 aromatic carbocycles. The second-order valence-corrected chi connectivity index (χ2v) is 7.84. The van der Waals surface area contributed by atoms with Crippen LogP contribution in [0.25, 0.3) is 0 Å². The lowest BCUT2D eigenvalue weighted by Gasteiger charge is -2.34. The summed E-state index contributed by atoms with van der Waals surface area (Å²) in [7, 11) is -3.52. The molecule has 112 valence electrons. The molecule has 0 spiro atoms. The Labute approximate surface area is 126 Å². The molecular formula is C14H21ClN2O2S. The van der Waals surface area contributed by atoms with Gasteiger partial charge in [-0.05, 0) is 36.8 Å². The van der Waals surface area contributed by atoms with Gasteiger partial charge in [0, 0.05) is 12.2 Å². The van der Waals surface area contributed by atoms with E-state index in [2.05, 4.69) is 23.6 Å². The minimum Gasteiger partial charge on any atom is -0.244 e. The van der Waals surface area contributed by atoms with Gasteiger partial charge in [-0.25, -0.2) is 18.1 Å². The Balaban J connectivity index is 2.18. The molecule has 1 saturated carbocycles. The Kier molecular flexibility index (Phi) is 5.04. The highest BCUT2D eigenvalue weighted by Crippen LogP contribution is 2.31. The number of hydrogen-bond donors (Lipinski definition) is 1. The van der Waals surface area contributed by atoms with Gasteiger partial charge in [-0.1, -0.05) is 38.3 Å². The molecule has 2 rings (SSSR count). The second kappa shape index (κ2) is 6.41.